The van der Waals surface area contributed by atoms with Crippen molar-refractivity contribution in [2.75, 3.05) is 5.75 Å². The number of ketones is 1. The Hall–Kier alpha value is -3.34. The van der Waals surface area contributed by atoms with Crippen molar-refractivity contribution >= 4 is 28.4 Å². The van der Waals surface area contributed by atoms with Crippen molar-refractivity contribution in [2.45, 2.75) is 11.5 Å². The van der Waals surface area contributed by atoms with Crippen LogP contribution in [0.5, 0.6) is 5.75 Å². The zero-order valence-electron chi connectivity index (χ0n) is 14.6. The molecule has 11 heteroatoms. The Bertz CT molecular complexity index is 1150. The number of Topliss-reactive ketones (excluding diaryl/α,β-unsaturated/α-hetero) is 1. The predicted octanol–water partition coefficient (Wildman–Crippen LogP) is 4.02. The summed E-state index contributed by atoms with van der Waals surface area (Å²) >= 11 is 1.13. The van der Waals surface area contributed by atoms with E-state index < -0.39 is 6.36 Å². The maximum Gasteiger partial charge on any atom is 0.573 e. The highest BCUT2D eigenvalue weighted by molar-refractivity contribution is 7.99. The Labute approximate surface area is 165 Å². The molecule has 4 aromatic rings. The van der Waals surface area contributed by atoms with Gasteiger partial charge >= 0.3 is 6.36 Å². The first-order chi connectivity index (χ1) is 13.9. The van der Waals surface area contributed by atoms with Crippen molar-refractivity contribution in [1.29, 1.82) is 0 Å². The van der Waals surface area contributed by atoms with Gasteiger partial charge in [-0.05, 0) is 40.8 Å². The fourth-order valence-electron chi connectivity index (χ4n) is 2.73. The molecule has 7 nitrogen and oxygen atoms in total. The molecule has 4 rings (SSSR count). The number of thioether (sulfide) groups is 1. The maximum atomic E-state index is 12.6. The molecule has 0 atom stereocenters. The van der Waals surface area contributed by atoms with E-state index in [0.29, 0.717) is 16.4 Å². The van der Waals surface area contributed by atoms with Gasteiger partial charge in [-0.15, -0.1) is 18.3 Å². The molecule has 0 bridgehead atoms. The fourth-order valence-corrected chi connectivity index (χ4v) is 3.50. The van der Waals surface area contributed by atoms with Crippen LogP contribution in [0.4, 0.5) is 13.2 Å². The summed E-state index contributed by atoms with van der Waals surface area (Å²) in [6.07, 6.45) is -3.10. The molecular formula is C18H12F3N5O2S. The number of H-pyrrole nitrogens is 1. The van der Waals surface area contributed by atoms with E-state index >= 15 is 0 Å². The van der Waals surface area contributed by atoms with Gasteiger partial charge in [-0.2, -0.15) is 4.68 Å². The maximum absolute atomic E-state index is 12.6. The molecule has 0 fully saturated rings. The van der Waals surface area contributed by atoms with Gasteiger partial charge in [0.2, 0.25) is 5.16 Å². The van der Waals surface area contributed by atoms with Crippen LogP contribution < -0.4 is 4.74 Å². The van der Waals surface area contributed by atoms with Crippen LogP contribution in [0.15, 0.2) is 59.9 Å². The molecule has 29 heavy (non-hydrogen) atoms. The Balaban J connectivity index is 1.48. The van der Waals surface area contributed by atoms with E-state index in [1.165, 1.54) is 16.8 Å². The molecule has 1 N–H and O–H groups in total. The molecule has 0 radical (unpaired) electrons. The van der Waals surface area contributed by atoms with Crippen molar-refractivity contribution in [3.63, 3.8) is 0 Å². The minimum absolute atomic E-state index is 0.0947. The molecule has 0 saturated carbocycles. The van der Waals surface area contributed by atoms with E-state index in [9.17, 15) is 18.0 Å². The average Bonchev–Trinajstić information content (AvgIpc) is 3.32. The topological polar surface area (TPSA) is 85.7 Å². The number of alkyl halides is 3. The van der Waals surface area contributed by atoms with Gasteiger partial charge in [-0.3, -0.25) is 4.79 Å². The number of nitrogens with one attached hydrogen (secondary N) is 1. The second kappa shape index (κ2) is 7.59. The number of rotatable bonds is 6. The van der Waals surface area contributed by atoms with Gasteiger partial charge in [0.15, 0.2) is 5.78 Å². The van der Waals surface area contributed by atoms with Gasteiger partial charge < -0.3 is 9.72 Å². The SMILES string of the molecule is O=C(CSc1nnnn1-c1ccc(OC(F)(F)F)cc1)c1c[nH]c2ccccc12. The Morgan fingerprint density at radius 3 is 2.66 bits per heavy atom. The summed E-state index contributed by atoms with van der Waals surface area (Å²) in [7, 11) is 0. The number of halogens is 3. The van der Waals surface area contributed by atoms with Crippen LogP contribution in [-0.4, -0.2) is 43.1 Å². The van der Waals surface area contributed by atoms with Gasteiger partial charge in [0.25, 0.3) is 0 Å². The lowest BCUT2D eigenvalue weighted by atomic mass is 10.1. The molecule has 0 amide bonds. The number of aromatic amines is 1. The van der Waals surface area contributed by atoms with Gasteiger partial charge in [0.1, 0.15) is 5.75 Å². The van der Waals surface area contributed by atoms with Crippen molar-refractivity contribution in [3.05, 3.63) is 60.3 Å². The summed E-state index contributed by atoms with van der Waals surface area (Å²) in [4.78, 5) is 15.7. The number of para-hydroxylation sites is 1. The third-order valence-corrected chi connectivity index (χ3v) is 4.90. The highest BCUT2D eigenvalue weighted by Crippen LogP contribution is 2.26. The monoisotopic (exact) mass is 419 g/mol. The number of hydrogen-bond donors (Lipinski definition) is 1. The van der Waals surface area contributed by atoms with Gasteiger partial charge in [0.05, 0.1) is 11.4 Å². The second-order valence-corrected chi connectivity index (χ2v) is 6.82. The smallest absolute Gasteiger partial charge is 0.406 e. The van der Waals surface area contributed by atoms with Crippen molar-refractivity contribution in [1.82, 2.24) is 25.2 Å². The summed E-state index contributed by atoms with van der Waals surface area (Å²) in [5, 5.41) is 12.5. The van der Waals surface area contributed by atoms with E-state index in [2.05, 4.69) is 25.2 Å². The van der Waals surface area contributed by atoms with E-state index in [-0.39, 0.29) is 17.3 Å². The van der Waals surface area contributed by atoms with Gasteiger partial charge in [-0.25, -0.2) is 0 Å². The summed E-state index contributed by atoms with van der Waals surface area (Å²) in [6.45, 7) is 0. The largest absolute Gasteiger partial charge is 0.573 e. The third kappa shape index (κ3) is 4.24. The van der Waals surface area contributed by atoms with Crippen molar-refractivity contribution in [3.8, 4) is 11.4 Å². The third-order valence-electron chi connectivity index (χ3n) is 3.98. The van der Waals surface area contributed by atoms with Crippen molar-refractivity contribution in [2.24, 2.45) is 0 Å². The molecule has 0 aliphatic carbocycles. The number of ether oxygens (including phenoxy) is 1. The zero-order valence-corrected chi connectivity index (χ0v) is 15.4. The highest BCUT2D eigenvalue weighted by Gasteiger charge is 2.31. The van der Waals surface area contributed by atoms with Crippen LogP contribution in [-0.2, 0) is 0 Å². The summed E-state index contributed by atoms with van der Waals surface area (Å²) in [5.41, 5.74) is 1.87. The molecule has 2 aromatic carbocycles. The molecule has 0 saturated heterocycles. The Kier molecular flexibility index (Phi) is 4.97. The molecule has 0 spiro atoms. The standard InChI is InChI=1S/C18H12F3N5O2S/c19-18(20,21)28-12-7-5-11(6-8-12)26-17(23-24-25-26)29-10-16(27)14-9-22-15-4-2-1-3-13(14)15/h1-9,22H,10H2. The Morgan fingerprint density at radius 2 is 1.90 bits per heavy atom. The second-order valence-electron chi connectivity index (χ2n) is 5.87. The number of carbonyl (C=O) groups is 1. The molecule has 2 aromatic heterocycles. The molecule has 148 valence electrons. The minimum atomic E-state index is -4.76. The van der Waals surface area contributed by atoms with Crippen LogP contribution in [0.3, 0.4) is 0 Å². The van der Waals surface area contributed by atoms with Crippen molar-refractivity contribution < 1.29 is 22.7 Å². The average molecular weight is 419 g/mol. The normalized spacial score (nSPS) is 11.7. The molecule has 2 heterocycles. The number of nitrogens with zero attached hydrogens (tertiary/aromatic N) is 4. The lowest BCUT2D eigenvalue weighted by Gasteiger charge is -2.09. The fraction of sp³-hybridized carbons (Fsp3) is 0.111. The highest BCUT2D eigenvalue weighted by atomic mass is 32.2. The molecular weight excluding hydrogens is 407 g/mol. The van der Waals surface area contributed by atoms with Gasteiger partial charge in [-0.1, -0.05) is 30.0 Å². The summed E-state index contributed by atoms with van der Waals surface area (Å²) in [5.74, 6) is -0.355. The van der Waals surface area contributed by atoms with Crippen LogP contribution in [0.25, 0.3) is 16.6 Å². The first-order valence-electron chi connectivity index (χ1n) is 8.27. The first kappa shape index (κ1) is 19.0. The van der Waals surface area contributed by atoms with E-state index in [4.69, 9.17) is 0 Å². The predicted molar refractivity (Wildman–Crippen MR) is 99.2 cm³/mol. The quantitative estimate of drug-likeness (QED) is 0.375. The molecule has 0 aliphatic rings. The minimum Gasteiger partial charge on any atom is -0.406 e. The van der Waals surface area contributed by atoms with Crippen LogP contribution in [0.2, 0.25) is 0 Å². The lowest BCUT2D eigenvalue weighted by Crippen LogP contribution is -2.17. The number of aromatic nitrogens is 5. The molecule has 0 aliphatic heterocycles. The molecule has 0 unspecified atom stereocenters. The summed E-state index contributed by atoms with van der Waals surface area (Å²) < 4.78 is 42.0. The van der Waals surface area contributed by atoms with E-state index in [0.717, 1.165) is 34.8 Å². The van der Waals surface area contributed by atoms with Crippen LogP contribution in [0.1, 0.15) is 10.4 Å². The number of benzene rings is 2. The number of fused-ring (bicyclic) bond motifs is 1. The zero-order chi connectivity index (χ0) is 20.4. The number of carbonyl (C=O) groups excluding carboxylic acids is 1. The van der Waals surface area contributed by atoms with Crippen LogP contribution >= 0.6 is 11.8 Å². The Morgan fingerprint density at radius 1 is 1.14 bits per heavy atom. The van der Waals surface area contributed by atoms with E-state index in [1.807, 2.05) is 24.3 Å². The van der Waals surface area contributed by atoms with E-state index in [1.54, 1.807) is 6.20 Å². The summed E-state index contributed by atoms with van der Waals surface area (Å²) in [6, 6.07) is 12.6. The number of hydrogen-bond acceptors (Lipinski definition) is 6. The number of tetrazole rings is 1. The van der Waals surface area contributed by atoms with Crippen LogP contribution in [0, 0.1) is 0 Å². The lowest BCUT2D eigenvalue weighted by molar-refractivity contribution is -0.274. The first-order valence-corrected chi connectivity index (χ1v) is 9.26. The van der Waals surface area contributed by atoms with Gasteiger partial charge in [0, 0.05) is 22.7 Å².